The molecule has 5 aliphatic heterocycles. The van der Waals surface area contributed by atoms with Crippen molar-refractivity contribution in [3.8, 4) is 28.5 Å². The van der Waals surface area contributed by atoms with Crippen LogP contribution in [-0.4, -0.2) is 157 Å². The molecule has 3 N–H and O–H groups in total. The average molecular weight is 971 g/mol. The summed E-state index contributed by atoms with van der Waals surface area (Å²) in [5.74, 6) is 1.86. The number of nitrogen functional groups attached to an aromatic ring is 1. The molecular weight excluding hydrogens is 909 g/mol. The van der Waals surface area contributed by atoms with Crippen molar-refractivity contribution in [3.05, 3.63) is 48.2 Å². The molecule has 4 amide bonds. The fraction of sp³-hybridized carbons (Fsp3) is 0.560. The number of nitrogens with one attached hydrogen (secondary N) is 1. The number of nitrogens with zero attached hydrogens (tertiary/aromatic N) is 12. The predicted octanol–water partition coefficient (Wildman–Crippen LogP) is 4.36. The highest BCUT2D eigenvalue weighted by molar-refractivity contribution is 6.02. The summed E-state index contributed by atoms with van der Waals surface area (Å²) in [7, 11) is 0. The summed E-state index contributed by atoms with van der Waals surface area (Å²) in [6, 6.07) is 6.08. The van der Waals surface area contributed by atoms with Gasteiger partial charge in [-0.2, -0.15) is 5.10 Å². The lowest BCUT2D eigenvalue weighted by Gasteiger charge is -2.50. The van der Waals surface area contributed by atoms with E-state index in [4.69, 9.17) is 24.8 Å². The number of anilines is 3. The second-order valence-electron chi connectivity index (χ2n) is 21.3. The van der Waals surface area contributed by atoms with E-state index in [9.17, 15) is 19.2 Å². The maximum atomic E-state index is 13.3. The van der Waals surface area contributed by atoms with Gasteiger partial charge in [-0.1, -0.05) is 11.2 Å². The first kappa shape index (κ1) is 46.5. The highest BCUT2D eigenvalue weighted by Crippen LogP contribution is 2.48. The topological polar surface area (TPSA) is 236 Å². The lowest BCUT2D eigenvalue weighted by atomic mass is 9.78. The molecule has 71 heavy (non-hydrogen) atoms. The van der Waals surface area contributed by atoms with Gasteiger partial charge in [-0.05, 0) is 91.2 Å². The van der Waals surface area contributed by atoms with Gasteiger partial charge < -0.3 is 39.3 Å². The molecule has 5 fully saturated rings. The van der Waals surface area contributed by atoms with Gasteiger partial charge in [-0.3, -0.25) is 24.6 Å². The highest BCUT2D eigenvalue weighted by atomic mass is 16.6. The minimum atomic E-state index is -0.549. The second kappa shape index (κ2) is 18.1. The molecule has 0 unspecified atom stereocenters. The van der Waals surface area contributed by atoms with Gasteiger partial charge in [0.05, 0.1) is 42.0 Å². The molecule has 9 heterocycles. The van der Waals surface area contributed by atoms with Crippen molar-refractivity contribution in [1.82, 2.24) is 54.9 Å². The first-order chi connectivity index (χ1) is 34.1. The van der Waals surface area contributed by atoms with E-state index in [1.54, 1.807) is 12.4 Å². The fourth-order valence-electron chi connectivity index (χ4n) is 11.2. The van der Waals surface area contributed by atoms with Crippen molar-refractivity contribution in [1.29, 1.82) is 0 Å². The van der Waals surface area contributed by atoms with Gasteiger partial charge in [-0.15, -0.1) is 0 Å². The molecule has 11 rings (SSSR count). The monoisotopic (exact) mass is 970 g/mol. The first-order valence-electron chi connectivity index (χ1n) is 25.0. The first-order valence-corrected chi connectivity index (χ1v) is 25.0. The van der Waals surface area contributed by atoms with Gasteiger partial charge in [0.25, 0.3) is 5.91 Å². The normalized spacial score (nSPS) is 20.6. The summed E-state index contributed by atoms with van der Waals surface area (Å²) in [6.45, 7) is 16.7. The number of amides is 4. The number of likely N-dealkylation sites (tertiary alicyclic amines) is 2. The molecule has 1 atom stereocenters. The van der Waals surface area contributed by atoms with Gasteiger partial charge in [0.2, 0.25) is 11.8 Å². The fourth-order valence-corrected chi connectivity index (χ4v) is 11.2. The molecule has 4 aromatic heterocycles. The number of aromatic nitrogens is 7. The molecule has 0 spiro atoms. The minimum absolute atomic E-state index is 0.0570. The van der Waals surface area contributed by atoms with Crippen LogP contribution in [0.3, 0.4) is 0 Å². The van der Waals surface area contributed by atoms with E-state index < -0.39 is 11.6 Å². The smallest absolute Gasteiger partial charge is 0.410 e. The Morgan fingerprint density at radius 3 is 2.28 bits per heavy atom. The number of piperazine rings is 1. The van der Waals surface area contributed by atoms with Gasteiger partial charge in [0.1, 0.15) is 35.7 Å². The number of hydrogen-bond acceptors (Lipinski definition) is 17. The third-order valence-electron chi connectivity index (χ3n) is 15.5. The van der Waals surface area contributed by atoms with Crippen molar-refractivity contribution >= 4 is 52.0 Å². The zero-order valence-electron chi connectivity index (χ0n) is 41.1. The summed E-state index contributed by atoms with van der Waals surface area (Å²) in [5, 5.41) is 12.5. The second-order valence-corrected chi connectivity index (χ2v) is 21.3. The summed E-state index contributed by atoms with van der Waals surface area (Å²) in [4.78, 5) is 79.5. The summed E-state index contributed by atoms with van der Waals surface area (Å²) in [6.07, 6.45) is 9.25. The van der Waals surface area contributed by atoms with Crippen LogP contribution in [-0.2, 0) is 31.1 Å². The van der Waals surface area contributed by atoms with E-state index in [0.29, 0.717) is 90.3 Å². The van der Waals surface area contributed by atoms with Crippen LogP contribution in [0.2, 0.25) is 0 Å². The highest BCUT2D eigenvalue weighted by Gasteiger charge is 2.42. The molecule has 21 nitrogen and oxygen atoms in total. The number of fused-ring (bicyclic) bond motifs is 2. The Kier molecular flexibility index (Phi) is 11.8. The lowest BCUT2D eigenvalue weighted by molar-refractivity contribution is -0.137. The zero-order valence-corrected chi connectivity index (χ0v) is 41.1. The third kappa shape index (κ3) is 8.75. The Morgan fingerprint density at radius 2 is 1.58 bits per heavy atom. The van der Waals surface area contributed by atoms with Gasteiger partial charge in [0.15, 0.2) is 29.6 Å². The molecule has 4 saturated heterocycles. The van der Waals surface area contributed by atoms with Crippen LogP contribution in [0.4, 0.5) is 22.0 Å². The molecule has 5 aromatic rings. The lowest BCUT2D eigenvalue weighted by Crippen LogP contribution is -2.59. The van der Waals surface area contributed by atoms with Crippen LogP contribution >= 0.6 is 0 Å². The van der Waals surface area contributed by atoms with Gasteiger partial charge in [-0.25, -0.2) is 29.4 Å². The quantitative estimate of drug-likeness (QED) is 0.175. The molecule has 374 valence electrons. The maximum Gasteiger partial charge on any atom is 0.410 e. The predicted molar refractivity (Wildman–Crippen MR) is 261 cm³/mol. The molecule has 0 radical (unpaired) electrons. The van der Waals surface area contributed by atoms with E-state index in [2.05, 4.69) is 77.2 Å². The zero-order chi connectivity index (χ0) is 49.3. The Bertz CT molecular complexity index is 2870. The molecule has 1 saturated carbocycles. The van der Waals surface area contributed by atoms with Crippen LogP contribution in [0.1, 0.15) is 90.4 Å². The Labute approximate surface area is 411 Å². The Hall–Kier alpha value is -6.90. The SMILES string of the molecule is CC(C)(C1CCN(C(=O)COC(=O)N2CC(Oc3cnc(-c4c(-c5nn(C(C)(C)C)c6ncnc(N)c56)noc4C4CC4)nc3)C2)CC1)N1CCN(c2cccc3c2CCN3[C@@H]2CCC(=O)NC2=O)CC1. The number of benzene rings is 1. The molecule has 21 heteroatoms. The van der Waals surface area contributed by atoms with E-state index in [1.165, 1.54) is 22.5 Å². The van der Waals surface area contributed by atoms with Crippen molar-refractivity contribution in [2.75, 3.05) is 81.0 Å². The van der Waals surface area contributed by atoms with Crippen molar-refractivity contribution in [2.24, 2.45) is 5.92 Å². The van der Waals surface area contributed by atoms with Gasteiger partial charge in [0, 0.05) is 80.6 Å². The standard InChI is InChI=1S/C50H62N14O7/c1-49(2,3)64-46-40(44(51)54-28-55-46)41(57-64)42-39(43(71-58-42)29-9-10-29)45-52-23-31(24-53-45)70-32-25-61(26-32)48(68)69-27-38(66)60-16-13-30(14-17-60)50(4,5)62-21-19-59(20-22-62)34-7-6-8-35-33(34)15-18-63(35)36-11-12-37(65)56-47(36)67/h6-8,23-24,28-30,32,36H,9-22,25-27H2,1-5H3,(H2,51,54,55)(H,56,65,67)/t36-/m1/s1. The van der Waals surface area contributed by atoms with Crippen molar-refractivity contribution in [2.45, 2.75) is 109 Å². The number of nitrogens with two attached hydrogens (primary N) is 1. The number of ether oxygens (including phenoxy) is 2. The van der Waals surface area contributed by atoms with E-state index >= 15 is 0 Å². The summed E-state index contributed by atoms with van der Waals surface area (Å²) in [5.41, 5.74) is 11.8. The average Bonchev–Trinajstić information content (AvgIpc) is 3.74. The number of carbonyl (C=O) groups excluding carboxylic acids is 4. The summed E-state index contributed by atoms with van der Waals surface area (Å²) < 4.78 is 19.4. The van der Waals surface area contributed by atoms with Crippen LogP contribution in [0.15, 0.2) is 41.4 Å². The van der Waals surface area contributed by atoms with Crippen LogP contribution in [0, 0.1) is 5.92 Å². The molecule has 1 aliphatic carbocycles. The number of imide groups is 1. The molecule has 1 aromatic carbocycles. The van der Waals surface area contributed by atoms with Crippen LogP contribution in [0.25, 0.3) is 33.8 Å². The van der Waals surface area contributed by atoms with E-state index in [-0.39, 0.29) is 53.7 Å². The third-order valence-corrected chi connectivity index (χ3v) is 15.5. The number of carbonyl (C=O) groups is 4. The van der Waals surface area contributed by atoms with E-state index in [0.717, 1.165) is 70.5 Å². The maximum absolute atomic E-state index is 13.3. The number of piperidine rings is 2. The number of rotatable bonds is 11. The largest absolute Gasteiger partial charge is 0.483 e. The Balaban J connectivity index is 0.634. The van der Waals surface area contributed by atoms with Gasteiger partial charge >= 0.3 is 6.09 Å². The van der Waals surface area contributed by atoms with Crippen molar-refractivity contribution in [3.63, 3.8) is 0 Å². The molecule has 0 bridgehead atoms. The van der Waals surface area contributed by atoms with Crippen LogP contribution < -0.4 is 25.6 Å². The molecular formula is C50H62N14O7. The Morgan fingerprint density at radius 1 is 0.845 bits per heavy atom. The van der Waals surface area contributed by atoms with Crippen LogP contribution in [0.5, 0.6) is 5.75 Å². The molecule has 6 aliphatic rings. The summed E-state index contributed by atoms with van der Waals surface area (Å²) >= 11 is 0. The van der Waals surface area contributed by atoms with E-state index in [1.807, 2.05) is 30.4 Å². The minimum Gasteiger partial charge on any atom is -0.483 e. The number of hydrogen-bond donors (Lipinski definition) is 2. The van der Waals surface area contributed by atoms with Crippen molar-refractivity contribution < 1.29 is 33.2 Å².